The number of hydrogen-bond acceptors (Lipinski definition) is 14. The van der Waals surface area contributed by atoms with Crippen molar-refractivity contribution >= 4 is 23.6 Å². The van der Waals surface area contributed by atoms with Crippen LogP contribution in [0.1, 0.15) is 35.1 Å². The number of aromatic hydroxyl groups is 7. The van der Waals surface area contributed by atoms with Gasteiger partial charge in [0.1, 0.15) is 6.29 Å². The topological polar surface area (TPSA) is 236 Å². The summed E-state index contributed by atoms with van der Waals surface area (Å²) in [6.07, 6.45) is -0.0162. The van der Waals surface area contributed by atoms with Gasteiger partial charge in [-0.15, -0.1) is 0 Å². The molecule has 1 fully saturated rings. The molecule has 4 rings (SSSR count). The van der Waals surface area contributed by atoms with Gasteiger partial charge in [-0.25, -0.2) is 0 Å². The number of fused-ring (bicyclic) bond motifs is 1. The van der Waals surface area contributed by atoms with E-state index in [-0.39, 0.29) is 66.1 Å². The number of benzene rings is 2. The zero-order valence-corrected chi connectivity index (χ0v) is 22.8. The van der Waals surface area contributed by atoms with Gasteiger partial charge in [0, 0.05) is 75.0 Å². The van der Waals surface area contributed by atoms with E-state index in [0.29, 0.717) is 32.6 Å². The average molecular weight is 591 g/mol. The van der Waals surface area contributed by atoms with Crippen LogP contribution in [-0.2, 0) is 34.0 Å². The normalized spacial score (nSPS) is 16.6. The summed E-state index contributed by atoms with van der Waals surface area (Å²) < 4.78 is 5.33. The number of rotatable bonds is 10. The molecule has 1 unspecified atom stereocenters. The van der Waals surface area contributed by atoms with Crippen LogP contribution in [0.25, 0.3) is 5.70 Å². The molecule has 2 heterocycles. The van der Waals surface area contributed by atoms with Crippen LogP contribution in [0, 0.1) is 0 Å². The molecule has 2 aromatic rings. The summed E-state index contributed by atoms with van der Waals surface area (Å²) in [6, 6.07) is 0. The molecule has 1 saturated heterocycles. The molecule has 1 atom stereocenters. The maximum Gasteiger partial charge on any atom is 0.273 e. The number of aliphatic hydroxyl groups is 1. The fraction of sp³-hybridized carbons (Fsp3) is 0.407. The summed E-state index contributed by atoms with van der Waals surface area (Å²) in [5.74, 6) is -6.68. The number of hydrogen-bond donors (Lipinski definition) is 10. The molecular weight excluding hydrogens is 556 g/mol. The molecule has 0 radical (unpaired) electrons. The molecule has 15 nitrogen and oxygen atoms in total. The maximum atomic E-state index is 12.7. The van der Waals surface area contributed by atoms with Gasteiger partial charge >= 0.3 is 0 Å². The highest BCUT2D eigenvalue weighted by molar-refractivity contribution is 5.91. The van der Waals surface area contributed by atoms with Crippen molar-refractivity contribution in [2.75, 3.05) is 38.7 Å². The Hall–Kier alpha value is -4.60. The third kappa shape index (κ3) is 5.01. The summed E-state index contributed by atoms with van der Waals surface area (Å²) in [5.41, 5.74) is -2.53. The molecule has 42 heavy (non-hydrogen) atoms. The second-order valence-corrected chi connectivity index (χ2v) is 10.0. The lowest BCUT2D eigenvalue weighted by atomic mass is 10.0. The lowest BCUT2D eigenvalue weighted by Gasteiger charge is -2.37. The van der Waals surface area contributed by atoms with Crippen molar-refractivity contribution in [1.82, 2.24) is 15.1 Å². The van der Waals surface area contributed by atoms with Crippen LogP contribution in [0.2, 0.25) is 0 Å². The summed E-state index contributed by atoms with van der Waals surface area (Å²) in [7, 11) is 1.28. The minimum Gasteiger partial charge on any atom is -0.504 e. The fourth-order valence-corrected chi connectivity index (χ4v) is 5.31. The molecule has 2 aliphatic rings. The minimum absolute atomic E-state index is 0.0449. The van der Waals surface area contributed by atoms with E-state index >= 15 is 0 Å². The number of ether oxygens (including phenoxy) is 1. The maximum absolute atomic E-state index is 12.7. The van der Waals surface area contributed by atoms with E-state index in [4.69, 9.17) is 4.74 Å². The minimum atomic E-state index is -2.29. The van der Waals surface area contributed by atoms with E-state index in [9.17, 15) is 50.4 Å². The molecule has 0 aromatic heterocycles. The van der Waals surface area contributed by atoms with Gasteiger partial charge in [0.25, 0.3) is 5.91 Å². The zero-order chi connectivity index (χ0) is 30.9. The lowest BCUT2D eigenvalue weighted by molar-refractivity contribution is -0.158. The molecule has 15 heteroatoms. The number of phenolic OH excluding ortho intramolecular Hbond substituents is 7. The second-order valence-electron chi connectivity index (χ2n) is 10.0. The van der Waals surface area contributed by atoms with Crippen molar-refractivity contribution in [3.63, 3.8) is 0 Å². The van der Waals surface area contributed by atoms with Gasteiger partial charge in [-0.3, -0.25) is 9.69 Å². The summed E-state index contributed by atoms with van der Waals surface area (Å²) in [6.45, 7) is 5.04. The van der Waals surface area contributed by atoms with Gasteiger partial charge in [-0.05, 0) is 0 Å². The predicted molar refractivity (Wildman–Crippen MR) is 147 cm³/mol. The zero-order valence-electron chi connectivity index (χ0n) is 22.8. The highest BCUT2D eigenvalue weighted by Gasteiger charge is 2.47. The van der Waals surface area contributed by atoms with E-state index in [1.807, 2.05) is 4.90 Å². The average Bonchev–Trinajstić information content (AvgIpc) is 3.34. The van der Waals surface area contributed by atoms with Gasteiger partial charge in [0.05, 0.1) is 24.5 Å². The van der Waals surface area contributed by atoms with Crippen molar-refractivity contribution in [3.8, 4) is 40.2 Å². The summed E-state index contributed by atoms with van der Waals surface area (Å²) in [5, 5.41) is 90.4. The number of nitrogens with zero attached hydrogens (tertiary/aromatic N) is 2. The number of nitrogens with one attached hydrogen (secondary N) is 2. The molecule has 2 aliphatic heterocycles. The van der Waals surface area contributed by atoms with Crippen LogP contribution in [0.15, 0.2) is 6.58 Å². The van der Waals surface area contributed by atoms with Gasteiger partial charge in [0.2, 0.25) is 23.0 Å². The standard InChI is InChI=1S/C27H34N4O11/c1-13-17-16(12-31(13)27(41,4-3-7-32)26(40)28-2)18(22(36)25(39)21(17)35)29-10-14-15(11-30-5-8-42-9-6-30)20(34)24(38)23(37)19(14)33/h7,29,33-39,41H,1,3-6,8-12H2,2H3,(H,28,40). The smallest absolute Gasteiger partial charge is 0.273 e. The summed E-state index contributed by atoms with van der Waals surface area (Å²) in [4.78, 5) is 26.8. The number of phenols is 7. The number of carbonyl (C=O) groups is 2. The van der Waals surface area contributed by atoms with Crippen molar-refractivity contribution in [2.45, 2.75) is 38.2 Å². The summed E-state index contributed by atoms with van der Waals surface area (Å²) >= 11 is 0. The Kier molecular flexibility index (Phi) is 8.47. The molecule has 0 saturated carbocycles. The highest BCUT2D eigenvalue weighted by atomic mass is 16.5. The number of likely N-dealkylation sites (N-methyl/N-ethyl adjacent to an activating group) is 1. The van der Waals surface area contributed by atoms with Gasteiger partial charge in [-0.1, -0.05) is 6.58 Å². The quantitative estimate of drug-likeness (QED) is 0.102. The van der Waals surface area contributed by atoms with Crippen molar-refractivity contribution in [2.24, 2.45) is 0 Å². The molecular formula is C27H34N4O11. The Labute approximate surface area is 240 Å². The van der Waals surface area contributed by atoms with Gasteiger partial charge in [-0.2, -0.15) is 0 Å². The molecule has 10 N–H and O–H groups in total. The monoisotopic (exact) mass is 590 g/mol. The SMILES string of the molecule is C=C1c2c(O)c(O)c(O)c(NCc3c(O)c(O)c(O)c(O)c3CN3CCOCC3)c2CN1C(O)(CCC=O)C(=O)NC. The first-order valence-electron chi connectivity index (χ1n) is 13.0. The van der Waals surface area contributed by atoms with Gasteiger partial charge in [0.15, 0.2) is 23.0 Å². The van der Waals surface area contributed by atoms with Crippen LogP contribution in [0.3, 0.4) is 0 Å². The van der Waals surface area contributed by atoms with Crippen LogP contribution >= 0.6 is 0 Å². The van der Waals surface area contributed by atoms with E-state index in [1.165, 1.54) is 7.05 Å². The van der Waals surface area contributed by atoms with Gasteiger partial charge < -0.3 is 65.9 Å². The molecule has 0 spiro atoms. The first-order chi connectivity index (χ1) is 19.9. The number of aldehydes is 1. The Morgan fingerprint density at radius 3 is 2.14 bits per heavy atom. The van der Waals surface area contributed by atoms with E-state index in [1.54, 1.807) is 0 Å². The Morgan fingerprint density at radius 2 is 1.55 bits per heavy atom. The highest BCUT2D eigenvalue weighted by Crippen LogP contribution is 2.54. The molecule has 228 valence electrons. The first kappa shape index (κ1) is 30.4. The molecule has 1 amide bonds. The first-order valence-corrected chi connectivity index (χ1v) is 13.0. The van der Waals surface area contributed by atoms with Crippen LogP contribution in [0.5, 0.6) is 40.2 Å². The number of carbonyl (C=O) groups excluding carboxylic acids is 2. The Bertz CT molecular complexity index is 1420. The predicted octanol–water partition coefficient (Wildman–Crippen LogP) is 0.270. The van der Waals surface area contributed by atoms with Crippen LogP contribution in [-0.4, -0.2) is 102 Å². The fourth-order valence-electron chi connectivity index (χ4n) is 5.31. The van der Waals surface area contributed by atoms with Crippen LogP contribution < -0.4 is 10.6 Å². The Balaban J connectivity index is 1.76. The molecule has 0 aliphatic carbocycles. The van der Waals surface area contributed by atoms with E-state index < -0.39 is 51.9 Å². The van der Waals surface area contributed by atoms with Crippen molar-refractivity contribution in [1.29, 1.82) is 0 Å². The number of morpholine rings is 1. The third-order valence-corrected chi connectivity index (χ3v) is 7.64. The third-order valence-electron chi connectivity index (χ3n) is 7.64. The number of amides is 1. The van der Waals surface area contributed by atoms with E-state index in [2.05, 4.69) is 17.2 Å². The molecule has 2 aromatic carbocycles. The van der Waals surface area contributed by atoms with Crippen molar-refractivity contribution in [3.05, 3.63) is 28.8 Å². The Morgan fingerprint density at radius 1 is 0.952 bits per heavy atom. The van der Waals surface area contributed by atoms with Crippen molar-refractivity contribution < 1.29 is 55.2 Å². The largest absolute Gasteiger partial charge is 0.504 e. The second kappa shape index (κ2) is 11.7. The van der Waals surface area contributed by atoms with E-state index in [0.717, 1.165) is 4.90 Å². The number of anilines is 1. The lowest BCUT2D eigenvalue weighted by Crippen LogP contribution is -2.56. The molecule has 0 bridgehead atoms. The van der Waals surface area contributed by atoms with Crippen LogP contribution in [0.4, 0.5) is 5.69 Å².